The van der Waals surface area contributed by atoms with Crippen LogP contribution in [0.15, 0.2) is 59.3 Å². The fourth-order valence-corrected chi connectivity index (χ4v) is 4.74. The van der Waals surface area contributed by atoms with E-state index in [0.717, 1.165) is 23.5 Å². The number of alkyl halides is 3. The summed E-state index contributed by atoms with van der Waals surface area (Å²) in [5.41, 5.74) is -1.77. The van der Waals surface area contributed by atoms with Gasteiger partial charge in [0.1, 0.15) is 0 Å². The number of aliphatic hydroxyl groups is 1. The van der Waals surface area contributed by atoms with Gasteiger partial charge in [-0.3, -0.25) is 4.99 Å². The molecule has 4 atom stereocenters. The van der Waals surface area contributed by atoms with Crippen LogP contribution in [0.1, 0.15) is 32.4 Å². The topological polar surface area (TPSA) is 53.8 Å². The second-order valence-electron chi connectivity index (χ2n) is 8.41. The second kappa shape index (κ2) is 9.93. The molecule has 0 fully saturated rings. The molecular formula is C24H28F4N2O2S. The molecule has 9 heteroatoms. The van der Waals surface area contributed by atoms with Gasteiger partial charge in [0.2, 0.25) is 0 Å². The van der Waals surface area contributed by atoms with E-state index in [1.807, 2.05) is 25.2 Å². The Morgan fingerprint density at radius 2 is 1.97 bits per heavy atom. The van der Waals surface area contributed by atoms with Gasteiger partial charge >= 0.3 is 6.18 Å². The van der Waals surface area contributed by atoms with E-state index in [4.69, 9.17) is 4.74 Å². The van der Waals surface area contributed by atoms with Crippen molar-refractivity contribution in [3.63, 3.8) is 0 Å². The van der Waals surface area contributed by atoms with Crippen molar-refractivity contribution in [2.45, 2.75) is 49.9 Å². The molecule has 2 aliphatic rings. The highest BCUT2D eigenvalue weighted by atomic mass is 32.2. The Morgan fingerprint density at radius 1 is 1.24 bits per heavy atom. The van der Waals surface area contributed by atoms with Crippen molar-refractivity contribution < 1.29 is 27.4 Å². The highest BCUT2D eigenvalue weighted by Gasteiger charge is 2.59. The normalized spacial score (nSPS) is 22.8. The predicted octanol–water partition coefficient (Wildman–Crippen LogP) is 5.37. The molecule has 2 N–H and O–H groups in total. The molecule has 180 valence electrons. The quantitative estimate of drug-likeness (QED) is 0.487. The van der Waals surface area contributed by atoms with Gasteiger partial charge < -0.3 is 15.2 Å². The van der Waals surface area contributed by atoms with Gasteiger partial charge in [-0.2, -0.15) is 24.9 Å². The molecule has 0 radical (unpaired) electrons. The van der Waals surface area contributed by atoms with Crippen molar-refractivity contribution in [3.05, 3.63) is 65.7 Å². The van der Waals surface area contributed by atoms with E-state index in [9.17, 15) is 22.7 Å². The molecule has 1 aliphatic carbocycles. The lowest BCUT2D eigenvalue weighted by Crippen LogP contribution is -2.57. The van der Waals surface area contributed by atoms with E-state index in [0.29, 0.717) is 5.70 Å². The Kier molecular flexibility index (Phi) is 7.63. The van der Waals surface area contributed by atoms with Crippen molar-refractivity contribution in [1.82, 2.24) is 5.32 Å². The molecule has 3 rings (SSSR count). The third-order valence-electron chi connectivity index (χ3n) is 5.63. The number of aliphatic imine (C=N–C) groups is 1. The summed E-state index contributed by atoms with van der Waals surface area (Å²) >= 11 is 1.00. The van der Waals surface area contributed by atoms with E-state index in [1.54, 1.807) is 26.0 Å². The summed E-state index contributed by atoms with van der Waals surface area (Å²) in [6.07, 6.45) is 4.03. The summed E-state index contributed by atoms with van der Waals surface area (Å²) < 4.78 is 62.3. The molecule has 1 aromatic carbocycles. The first-order valence-electron chi connectivity index (χ1n) is 10.6. The molecule has 0 bridgehead atoms. The van der Waals surface area contributed by atoms with Gasteiger partial charge in [-0.15, -0.1) is 0 Å². The molecule has 1 aliphatic heterocycles. The number of ether oxygens (including phenoxy) is 1. The largest absolute Gasteiger partial charge is 0.494 e. The lowest BCUT2D eigenvalue weighted by molar-refractivity contribution is -0.261. The average Bonchev–Trinajstić information content (AvgIpc) is 2.75. The summed E-state index contributed by atoms with van der Waals surface area (Å²) in [5, 5.41) is 14.0. The minimum Gasteiger partial charge on any atom is -0.494 e. The van der Waals surface area contributed by atoms with E-state index in [2.05, 4.69) is 10.3 Å². The highest BCUT2D eigenvalue weighted by Crippen LogP contribution is 2.45. The van der Waals surface area contributed by atoms with Crippen molar-refractivity contribution in [2.24, 2.45) is 10.9 Å². The van der Waals surface area contributed by atoms with Crippen molar-refractivity contribution in [2.75, 3.05) is 12.9 Å². The summed E-state index contributed by atoms with van der Waals surface area (Å²) in [5.74, 6) is -1.81. The summed E-state index contributed by atoms with van der Waals surface area (Å²) in [6, 6.07) is 1.61. The molecule has 4 unspecified atom stereocenters. The molecule has 1 heterocycles. The van der Waals surface area contributed by atoms with Gasteiger partial charge in [-0.05, 0) is 42.0 Å². The maximum atomic E-state index is 14.4. The van der Waals surface area contributed by atoms with Crippen molar-refractivity contribution in [3.8, 4) is 5.75 Å². The number of allylic oxidation sites excluding steroid dienone is 3. The van der Waals surface area contributed by atoms with Gasteiger partial charge in [0.05, 0.1) is 19.2 Å². The molecule has 0 spiro atoms. The number of benzene rings is 1. The minimum absolute atomic E-state index is 0.0592. The van der Waals surface area contributed by atoms with Gasteiger partial charge in [0.25, 0.3) is 0 Å². The number of halogens is 4. The van der Waals surface area contributed by atoms with Crippen LogP contribution in [0.25, 0.3) is 0 Å². The van der Waals surface area contributed by atoms with Crippen LogP contribution in [0.3, 0.4) is 0 Å². The van der Waals surface area contributed by atoms with Crippen LogP contribution >= 0.6 is 11.8 Å². The monoisotopic (exact) mass is 484 g/mol. The molecule has 1 aromatic rings. The number of nitrogens with zero attached hydrogens (tertiary/aromatic N) is 1. The van der Waals surface area contributed by atoms with E-state index in [1.165, 1.54) is 19.2 Å². The zero-order valence-corrected chi connectivity index (χ0v) is 19.7. The van der Waals surface area contributed by atoms with Crippen LogP contribution in [0.5, 0.6) is 5.75 Å². The van der Waals surface area contributed by atoms with E-state index < -0.39 is 29.4 Å². The highest BCUT2D eigenvalue weighted by molar-refractivity contribution is 7.99. The van der Waals surface area contributed by atoms with Crippen molar-refractivity contribution in [1.29, 1.82) is 0 Å². The molecule has 0 amide bonds. The molecular weight excluding hydrogens is 456 g/mol. The van der Waals surface area contributed by atoms with Crippen LogP contribution in [0, 0.1) is 11.7 Å². The summed E-state index contributed by atoms with van der Waals surface area (Å²) in [6.45, 7) is 5.37. The number of nitrogens with one attached hydrogen (secondary N) is 1. The third-order valence-corrected chi connectivity index (χ3v) is 6.91. The van der Waals surface area contributed by atoms with Crippen LogP contribution in [0.4, 0.5) is 17.6 Å². The van der Waals surface area contributed by atoms with Crippen LogP contribution < -0.4 is 10.1 Å². The van der Waals surface area contributed by atoms with Gasteiger partial charge in [-0.25, -0.2) is 4.39 Å². The lowest BCUT2D eigenvalue weighted by atomic mass is 9.85. The summed E-state index contributed by atoms with van der Waals surface area (Å²) in [7, 11) is 1.24. The first kappa shape index (κ1) is 25.4. The number of hydrogen-bond acceptors (Lipinski definition) is 5. The Labute approximate surface area is 195 Å². The zero-order valence-electron chi connectivity index (χ0n) is 18.9. The van der Waals surface area contributed by atoms with Gasteiger partial charge in [0.15, 0.2) is 17.2 Å². The minimum atomic E-state index is -4.96. The standard InChI is InChI=1S/C24H28F4N2O2S/c1-14(2)33-13-23(31,24(26,27)28)22(16-9-11-18(25)21(12-16)32-4)30-20-7-5-6-19-17(20)10-8-15(3)29-19/h5-12,14,17,19,22,30-31H,13H2,1-4H3. The van der Waals surface area contributed by atoms with Gasteiger partial charge in [-0.1, -0.05) is 38.1 Å². The fourth-order valence-electron chi connectivity index (χ4n) is 3.82. The zero-order chi connectivity index (χ0) is 24.4. The number of hydrogen-bond donors (Lipinski definition) is 2. The average molecular weight is 485 g/mol. The molecule has 33 heavy (non-hydrogen) atoms. The lowest BCUT2D eigenvalue weighted by Gasteiger charge is -2.41. The third kappa shape index (κ3) is 5.46. The second-order valence-corrected chi connectivity index (χ2v) is 9.97. The van der Waals surface area contributed by atoms with E-state index in [-0.39, 0.29) is 28.5 Å². The predicted molar refractivity (Wildman–Crippen MR) is 124 cm³/mol. The summed E-state index contributed by atoms with van der Waals surface area (Å²) in [4.78, 5) is 4.55. The fraction of sp³-hybridized carbons (Fsp3) is 0.458. The Hall–Kier alpha value is -2.26. The Balaban J connectivity index is 2.08. The number of fused-ring (bicyclic) bond motifs is 1. The SMILES string of the molecule is COc1cc(C(NC2=CC=CC3N=C(C)C=CC23)C(O)(CSC(C)C)C(F)(F)F)ccc1F. The number of rotatable bonds is 8. The molecule has 0 saturated carbocycles. The van der Waals surface area contributed by atoms with Gasteiger partial charge in [0, 0.05) is 23.1 Å². The Morgan fingerprint density at radius 3 is 2.61 bits per heavy atom. The van der Waals surface area contributed by atoms with Crippen molar-refractivity contribution >= 4 is 17.5 Å². The maximum Gasteiger partial charge on any atom is 0.420 e. The smallest absolute Gasteiger partial charge is 0.420 e. The van der Waals surface area contributed by atoms with Crippen LogP contribution in [-0.4, -0.2) is 46.7 Å². The van der Waals surface area contributed by atoms with Crippen LogP contribution in [0.2, 0.25) is 0 Å². The molecule has 0 aromatic heterocycles. The van der Waals surface area contributed by atoms with Crippen LogP contribution in [-0.2, 0) is 0 Å². The molecule has 4 nitrogen and oxygen atoms in total. The van der Waals surface area contributed by atoms with E-state index >= 15 is 0 Å². The number of dihydropyridines is 1. The first-order valence-corrected chi connectivity index (χ1v) is 11.6. The number of methoxy groups -OCH3 is 1. The maximum absolute atomic E-state index is 14.4. The number of thioether (sulfide) groups is 1. The first-order chi connectivity index (χ1) is 15.5. The molecule has 0 saturated heterocycles. The Bertz CT molecular complexity index is 987.